The fourth-order valence-electron chi connectivity index (χ4n) is 3.79. The standard InChI is InChI=1S/C21H22F2O3/c1-2-24-17-9-7-14-15-8-10-18(25-11-13-5-3-4-6-13)20(23)21(15)26-12-16(14)19(17)22/h7-10,13H,2-6,11-12H2,1H3. The summed E-state index contributed by atoms with van der Waals surface area (Å²) in [5.41, 5.74) is 1.56. The average Bonchev–Trinajstić information content (AvgIpc) is 3.17. The lowest BCUT2D eigenvalue weighted by Crippen LogP contribution is -2.13. The van der Waals surface area contributed by atoms with Gasteiger partial charge in [0.25, 0.3) is 0 Å². The summed E-state index contributed by atoms with van der Waals surface area (Å²) in [6.07, 6.45) is 4.71. The van der Waals surface area contributed by atoms with E-state index >= 15 is 0 Å². The van der Waals surface area contributed by atoms with Gasteiger partial charge in [0.1, 0.15) is 6.61 Å². The highest BCUT2D eigenvalue weighted by atomic mass is 19.1. The van der Waals surface area contributed by atoms with E-state index < -0.39 is 11.6 Å². The van der Waals surface area contributed by atoms with Crippen LogP contribution in [-0.4, -0.2) is 13.2 Å². The number of rotatable bonds is 5. The van der Waals surface area contributed by atoms with Gasteiger partial charge in [-0.1, -0.05) is 12.8 Å². The Kier molecular flexibility index (Phi) is 4.70. The molecule has 138 valence electrons. The van der Waals surface area contributed by atoms with Gasteiger partial charge < -0.3 is 14.2 Å². The molecule has 26 heavy (non-hydrogen) atoms. The van der Waals surface area contributed by atoms with Crippen molar-refractivity contribution in [3.63, 3.8) is 0 Å². The van der Waals surface area contributed by atoms with Crippen LogP contribution in [0.25, 0.3) is 11.1 Å². The Morgan fingerprint density at radius 3 is 2.38 bits per heavy atom. The van der Waals surface area contributed by atoms with Crippen molar-refractivity contribution >= 4 is 0 Å². The topological polar surface area (TPSA) is 27.7 Å². The zero-order valence-corrected chi connectivity index (χ0v) is 14.8. The van der Waals surface area contributed by atoms with Crippen molar-refractivity contribution in [2.45, 2.75) is 39.2 Å². The highest BCUT2D eigenvalue weighted by Gasteiger charge is 2.27. The second-order valence-electron chi connectivity index (χ2n) is 6.84. The predicted molar refractivity (Wildman–Crippen MR) is 94.7 cm³/mol. The molecule has 0 unspecified atom stereocenters. The minimum Gasteiger partial charge on any atom is -0.491 e. The Morgan fingerprint density at radius 2 is 1.65 bits per heavy atom. The van der Waals surface area contributed by atoms with E-state index in [9.17, 15) is 8.78 Å². The summed E-state index contributed by atoms with van der Waals surface area (Å²) < 4.78 is 46.0. The molecule has 0 N–H and O–H groups in total. The Labute approximate surface area is 151 Å². The van der Waals surface area contributed by atoms with E-state index in [-0.39, 0.29) is 23.9 Å². The summed E-state index contributed by atoms with van der Waals surface area (Å²) in [5.74, 6) is 0.0568. The third kappa shape index (κ3) is 3.00. The van der Waals surface area contributed by atoms with Crippen LogP contribution < -0.4 is 14.2 Å². The summed E-state index contributed by atoms with van der Waals surface area (Å²) in [4.78, 5) is 0. The molecule has 0 spiro atoms. The zero-order valence-electron chi connectivity index (χ0n) is 14.8. The van der Waals surface area contributed by atoms with E-state index in [4.69, 9.17) is 14.2 Å². The maximum atomic E-state index is 14.9. The van der Waals surface area contributed by atoms with E-state index in [1.165, 1.54) is 12.8 Å². The first-order valence-electron chi connectivity index (χ1n) is 9.21. The van der Waals surface area contributed by atoms with Gasteiger partial charge in [-0.15, -0.1) is 0 Å². The third-order valence-electron chi connectivity index (χ3n) is 5.17. The second-order valence-corrected chi connectivity index (χ2v) is 6.84. The average molecular weight is 360 g/mol. The molecule has 2 aliphatic rings. The quantitative estimate of drug-likeness (QED) is 0.705. The number of fused-ring (bicyclic) bond motifs is 3. The van der Waals surface area contributed by atoms with Gasteiger partial charge >= 0.3 is 0 Å². The van der Waals surface area contributed by atoms with Gasteiger partial charge in [-0.05, 0) is 55.5 Å². The Bertz CT molecular complexity index is 813. The summed E-state index contributed by atoms with van der Waals surface area (Å²) in [7, 11) is 0. The van der Waals surface area contributed by atoms with Crippen LogP contribution in [0.5, 0.6) is 17.2 Å². The summed E-state index contributed by atoms with van der Waals surface area (Å²) in [6, 6.07) is 6.68. The molecule has 1 aliphatic carbocycles. The summed E-state index contributed by atoms with van der Waals surface area (Å²) >= 11 is 0. The van der Waals surface area contributed by atoms with Gasteiger partial charge in [0.15, 0.2) is 23.1 Å². The fraction of sp³-hybridized carbons (Fsp3) is 0.429. The molecule has 1 heterocycles. The molecule has 0 amide bonds. The van der Waals surface area contributed by atoms with E-state index in [1.807, 2.05) is 0 Å². The van der Waals surface area contributed by atoms with Crippen LogP contribution >= 0.6 is 0 Å². The molecule has 0 saturated heterocycles. The molecular formula is C21H22F2O3. The molecular weight excluding hydrogens is 338 g/mol. The van der Waals surface area contributed by atoms with Crippen molar-refractivity contribution in [3.05, 3.63) is 41.5 Å². The van der Waals surface area contributed by atoms with Crippen LogP contribution in [0.3, 0.4) is 0 Å². The highest BCUT2D eigenvalue weighted by molar-refractivity contribution is 5.77. The molecule has 1 fully saturated rings. The predicted octanol–water partition coefficient (Wildman–Crippen LogP) is 5.49. The summed E-state index contributed by atoms with van der Waals surface area (Å²) in [6.45, 7) is 2.67. The van der Waals surface area contributed by atoms with Crippen LogP contribution in [0.15, 0.2) is 24.3 Å². The molecule has 2 aromatic rings. The lowest BCUT2D eigenvalue weighted by atomic mass is 9.96. The van der Waals surface area contributed by atoms with Gasteiger partial charge in [-0.2, -0.15) is 4.39 Å². The molecule has 4 rings (SSSR count). The number of ether oxygens (including phenoxy) is 3. The molecule has 1 saturated carbocycles. The van der Waals surface area contributed by atoms with E-state index in [0.29, 0.717) is 35.8 Å². The monoisotopic (exact) mass is 360 g/mol. The molecule has 0 atom stereocenters. The SMILES string of the molecule is CCOc1ccc2c(c1F)COc1c-2ccc(OCC2CCCC2)c1F. The molecule has 3 nitrogen and oxygen atoms in total. The molecule has 0 bridgehead atoms. The van der Waals surface area contributed by atoms with Crippen molar-refractivity contribution in [2.75, 3.05) is 13.2 Å². The van der Waals surface area contributed by atoms with Crippen molar-refractivity contribution in [1.29, 1.82) is 0 Å². The molecule has 5 heteroatoms. The summed E-state index contributed by atoms with van der Waals surface area (Å²) in [5, 5.41) is 0. The van der Waals surface area contributed by atoms with Gasteiger partial charge in [-0.3, -0.25) is 0 Å². The van der Waals surface area contributed by atoms with E-state index in [2.05, 4.69) is 0 Å². The third-order valence-corrected chi connectivity index (χ3v) is 5.17. The van der Waals surface area contributed by atoms with Crippen molar-refractivity contribution in [2.24, 2.45) is 5.92 Å². The van der Waals surface area contributed by atoms with Crippen molar-refractivity contribution in [1.82, 2.24) is 0 Å². The molecule has 0 radical (unpaired) electrons. The first kappa shape index (κ1) is 17.1. The first-order chi connectivity index (χ1) is 12.7. The van der Waals surface area contributed by atoms with Gasteiger partial charge in [0, 0.05) is 11.1 Å². The largest absolute Gasteiger partial charge is 0.491 e. The minimum atomic E-state index is -0.513. The molecule has 1 aliphatic heterocycles. The lowest BCUT2D eigenvalue weighted by molar-refractivity contribution is 0.231. The number of hydrogen-bond acceptors (Lipinski definition) is 3. The minimum absolute atomic E-state index is 0.0297. The molecule has 2 aromatic carbocycles. The number of hydrogen-bond donors (Lipinski definition) is 0. The van der Waals surface area contributed by atoms with Crippen LogP contribution in [0.1, 0.15) is 38.2 Å². The van der Waals surface area contributed by atoms with E-state index in [0.717, 1.165) is 12.8 Å². The Hall–Kier alpha value is -2.30. The number of halogens is 2. The van der Waals surface area contributed by atoms with Crippen LogP contribution in [0.4, 0.5) is 8.78 Å². The van der Waals surface area contributed by atoms with Crippen LogP contribution in [0.2, 0.25) is 0 Å². The number of benzene rings is 2. The van der Waals surface area contributed by atoms with Crippen LogP contribution in [-0.2, 0) is 6.61 Å². The molecule has 0 aromatic heterocycles. The fourth-order valence-corrected chi connectivity index (χ4v) is 3.79. The maximum Gasteiger partial charge on any atom is 0.207 e. The normalized spacial score (nSPS) is 16.0. The first-order valence-corrected chi connectivity index (χ1v) is 9.21. The van der Waals surface area contributed by atoms with Crippen LogP contribution in [0, 0.1) is 17.6 Å². The zero-order chi connectivity index (χ0) is 18.1. The smallest absolute Gasteiger partial charge is 0.207 e. The Morgan fingerprint density at radius 1 is 0.962 bits per heavy atom. The maximum absolute atomic E-state index is 14.9. The Balaban J connectivity index is 1.63. The van der Waals surface area contributed by atoms with Gasteiger partial charge in [-0.25, -0.2) is 4.39 Å². The van der Waals surface area contributed by atoms with Gasteiger partial charge in [0.2, 0.25) is 5.82 Å². The highest BCUT2D eigenvalue weighted by Crippen LogP contribution is 2.44. The lowest BCUT2D eigenvalue weighted by Gasteiger charge is -2.23. The van der Waals surface area contributed by atoms with Crippen molar-refractivity contribution in [3.8, 4) is 28.4 Å². The van der Waals surface area contributed by atoms with Gasteiger partial charge in [0.05, 0.1) is 13.2 Å². The van der Waals surface area contributed by atoms with E-state index in [1.54, 1.807) is 31.2 Å². The second kappa shape index (κ2) is 7.14. The van der Waals surface area contributed by atoms with Crippen molar-refractivity contribution < 1.29 is 23.0 Å².